The van der Waals surface area contributed by atoms with E-state index in [1.807, 2.05) is 4.90 Å². The number of hydrogen-bond acceptors (Lipinski definition) is 8. The Kier molecular flexibility index (Phi) is 6.08. The number of ether oxygens (including phenoxy) is 1. The lowest BCUT2D eigenvalue weighted by atomic mass is 9.98. The topological polar surface area (TPSA) is 93.0 Å². The van der Waals surface area contributed by atoms with E-state index in [0.29, 0.717) is 55.2 Å². The van der Waals surface area contributed by atoms with Crippen molar-refractivity contribution in [1.82, 2.24) is 29.8 Å². The van der Waals surface area contributed by atoms with Gasteiger partial charge in [0.25, 0.3) is 6.43 Å². The standard InChI is InChI=1S/C21H26F2N8O/c22-17(23)18-26-15-3-1-2-4-16(15)31(18)21-28-19(25-13-14-5-7-24-8-6-14)27-20(29-21)30-9-11-32-12-10-30/h1-4,14,17,24H,5-13H2,(H,25,27,28,29). The van der Waals surface area contributed by atoms with Crippen LogP contribution in [0.5, 0.6) is 0 Å². The first-order valence-electron chi connectivity index (χ1n) is 11.0. The average Bonchev–Trinajstić information content (AvgIpc) is 3.24. The lowest BCUT2D eigenvalue weighted by Crippen LogP contribution is -2.38. The molecular formula is C21H26F2N8O. The Morgan fingerprint density at radius 2 is 1.78 bits per heavy atom. The summed E-state index contributed by atoms with van der Waals surface area (Å²) in [5, 5.41) is 6.68. The second-order valence-electron chi connectivity index (χ2n) is 8.03. The quantitative estimate of drug-likeness (QED) is 0.599. The van der Waals surface area contributed by atoms with Crippen LogP contribution in [0, 0.1) is 5.92 Å². The molecule has 0 unspecified atom stereocenters. The molecule has 0 atom stereocenters. The molecule has 3 aromatic rings. The molecule has 5 rings (SSSR count). The number of fused-ring (bicyclic) bond motifs is 1. The first kappa shape index (κ1) is 21.0. The Balaban J connectivity index is 1.55. The number of nitrogens with one attached hydrogen (secondary N) is 2. The van der Waals surface area contributed by atoms with E-state index >= 15 is 0 Å². The van der Waals surface area contributed by atoms with Crippen LogP contribution in [0.15, 0.2) is 24.3 Å². The van der Waals surface area contributed by atoms with E-state index in [2.05, 4.69) is 30.6 Å². The summed E-state index contributed by atoms with van der Waals surface area (Å²) in [6.07, 6.45) is -0.622. The molecule has 4 heterocycles. The molecule has 2 aliphatic rings. The van der Waals surface area contributed by atoms with Gasteiger partial charge in [-0.05, 0) is 44.0 Å². The van der Waals surface area contributed by atoms with Crippen molar-refractivity contribution >= 4 is 22.9 Å². The normalized spacial score (nSPS) is 17.9. The van der Waals surface area contributed by atoms with E-state index in [0.717, 1.165) is 32.5 Å². The van der Waals surface area contributed by atoms with Crippen LogP contribution in [0.2, 0.25) is 0 Å². The summed E-state index contributed by atoms with van der Waals surface area (Å²) in [4.78, 5) is 19.8. The minimum Gasteiger partial charge on any atom is -0.378 e. The molecule has 9 nitrogen and oxygen atoms in total. The highest BCUT2D eigenvalue weighted by atomic mass is 19.3. The lowest BCUT2D eigenvalue weighted by Gasteiger charge is -2.27. The number of alkyl halides is 2. The maximum Gasteiger partial charge on any atom is 0.296 e. The van der Waals surface area contributed by atoms with Crippen LogP contribution in [-0.2, 0) is 4.74 Å². The fraction of sp³-hybridized carbons (Fsp3) is 0.524. The zero-order valence-electron chi connectivity index (χ0n) is 17.7. The Morgan fingerprint density at radius 1 is 1.03 bits per heavy atom. The fourth-order valence-corrected chi connectivity index (χ4v) is 4.16. The summed E-state index contributed by atoms with van der Waals surface area (Å²) in [7, 11) is 0. The summed E-state index contributed by atoms with van der Waals surface area (Å²) in [6.45, 7) is 5.09. The number of nitrogens with zero attached hydrogens (tertiary/aromatic N) is 6. The Bertz CT molecular complexity index is 1060. The van der Waals surface area contributed by atoms with Crippen LogP contribution in [0.25, 0.3) is 17.0 Å². The molecular weight excluding hydrogens is 418 g/mol. The van der Waals surface area contributed by atoms with E-state index in [9.17, 15) is 8.78 Å². The van der Waals surface area contributed by atoms with Crippen LogP contribution >= 0.6 is 0 Å². The highest BCUT2D eigenvalue weighted by Crippen LogP contribution is 2.27. The zero-order valence-corrected chi connectivity index (χ0v) is 17.7. The van der Waals surface area contributed by atoms with Gasteiger partial charge in [-0.25, -0.2) is 13.8 Å². The number of piperidine rings is 1. The van der Waals surface area contributed by atoms with Crippen LogP contribution in [0.4, 0.5) is 20.7 Å². The van der Waals surface area contributed by atoms with E-state index in [4.69, 9.17) is 4.74 Å². The molecule has 32 heavy (non-hydrogen) atoms. The SMILES string of the molecule is FC(F)c1nc2ccccc2n1-c1nc(NCC2CCNCC2)nc(N2CCOCC2)n1. The van der Waals surface area contributed by atoms with Crippen molar-refractivity contribution in [3.8, 4) is 5.95 Å². The molecule has 0 radical (unpaired) electrons. The Morgan fingerprint density at radius 3 is 2.56 bits per heavy atom. The Hall–Kier alpha value is -2.92. The first-order valence-corrected chi connectivity index (χ1v) is 11.0. The number of hydrogen-bond donors (Lipinski definition) is 2. The van der Waals surface area contributed by atoms with E-state index < -0.39 is 6.43 Å². The number of imidazole rings is 1. The lowest BCUT2D eigenvalue weighted by molar-refractivity contribution is 0.122. The van der Waals surface area contributed by atoms with Gasteiger partial charge in [-0.1, -0.05) is 12.1 Å². The van der Waals surface area contributed by atoms with Gasteiger partial charge < -0.3 is 20.3 Å². The van der Waals surface area contributed by atoms with Crippen molar-refractivity contribution in [2.45, 2.75) is 19.3 Å². The maximum atomic E-state index is 13.9. The average molecular weight is 444 g/mol. The van der Waals surface area contributed by atoms with Crippen molar-refractivity contribution in [3.63, 3.8) is 0 Å². The predicted molar refractivity (Wildman–Crippen MR) is 117 cm³/mol. The van der Waals surface area contributed by atoms with Crippen LogP contribution in [0.3, 0.4) is 0 Å². The molecule has 2 aliphatic heterocycles. The monoisotopic (exact) mass is 444 g/mol. The van der Waals surface area contributed by atoms with Gasteiger partial charge in [0.05, 0.1) is 24.2 Å². The van der Waals surface area contributed by atoms with Gasteiger partial charge in [0.2, 0.25) is 17.8 Å². The van der Waals surface area contributed by atoms with E-state index in [1.165, 1.54) is 4.57 Å². The van der Waals surface area contributed by atoms with Crippen molar-refractivity contribution < 1.29 is 13.5 Å². The summed E-state index contributed by atoms with van der Waals surface area (Å²) >= 11 is 0. The van der Waals surface area contributed by atoms with E-state index in [-0.39, 0.29) is 11.8 Å². The van der Waals surface area contributed by atoms with Gasteiger partial charge in [-0.2, -0.15) is 15.0 Å². The van der Waals surface area contributed by atoms with Gasteiger partial charge in [0.1, 0.15) is 0 Å². The van der Waals surface area contributed by atoms with Gasteiger partial charge in [-0.3, -0.25) is 4.57 Å². The van der Waals surface area contributed by atoms with Crippen LogP contribution in [0.1, 0.15) is 25.1 Å². The summed E-state index contributed by atoms with van der Waals surface area (Å²) in [5.41, 5.74) is 1.01. The third-order valence-corrected chi connectivity index (χ3v) is 5.90. The molecule has 0 spiro atoms. The predicted octanol–water partition coefficient (Wildman–Crippen LogP) is 2.40. The molecule has 170 valence electrons. The minimum atomic E-state index is -2.77. The molecule has 11 heteroatoms. The smallest absolute Gasteiger partial charge is 0.296 e. The molecule has 2 saturated heterocycles. The molecule has 2 fully saturated rings. The number of morpholine rings is 1. The summed E-state index contributed by atoms with van der Waals surface area (Å²) in [5.74, 6) is 1.10. The molecule has 2 aromatic heterocycles. The van der Waals surface area contributed by atoms with Crippen LogP contribution in [-0.4, -0.2) is 70.4 Å². The Labute approximate surface area is 184 Å². The second-order valence-corrected chi connectivity index (χ2v) is 8.03. The summed E-state index contributed by atoms with van der Waals surface area (Å²) in [6, 6.07) is 7.01. The number of rotatable bonds is 6. The maximum absolute atomic E-state index is 13.9. The summed E-state index contributed by atoms with van der Waals surface area (Å²) < 4.78 is 34.6. The molecule has 0 saturated carbocycles. The first-order chi connectivity index (χ1) is 15.7. The number of aromatic nitrogens is 5. The zero-order chi connectivity index (χ0) is 21.9. The number of halogens is 2. The highest BCUT2D eigenvalue weighted by molar-refractivity contribution is 5.77. The van der Waals surface area contributed by atoms with Crippen molar-refractivity contribution in [1.29, 1.82) is 0 Å². The highest BCUT2D eigenvalue weighted by Gasteiger charge is 2.24. The third-order valence-electron chi connectivity index (χ3n) is 5.90. The van der Waals surface area contributed by atoms with Gasteiger partial charge in [0.15, 0.2) is 5.82 Å². The van der Waals surface area contributed by atoms with Gasteiger partial charge >= 0.3 is 0 Å². The minimum absolute atomic E-state index is 0.137. The van der Waals surface area contributed by atoms with Gasteiger partial charge in [0, 0.05) is 19.6 Å². The van der Waals surface area contributed by atoms with Crippen molar-refractivity contribution in [3.05, 3.63) is 30.1 Å². The van der Waals surface area contributed by atoms with Crippen molar-refractivity contribution in [2.75, 3.05) is 56.2 Å². The molecule has 0 bridgehead atoms. The number of para-hydroxylation sites is 2. The third kappa shape index (κ3) is 4.35. The number of benzene rings is 1. The number of anilines is 2. The second kappa shape index (κ2) is 9.29. The van der Waals surface area contributed by atoms with E-state index in [1.54, 1.807) is 24.3 Å². The van der Waals surface area contributed by atoms with Gasteiger partial charge in [-0.15, -0.1) is 0 Å². The molecule has 2 N–H and O–H groups in total. The molecule has 0 aliphatic carbocycles. The molecule has 0 amide bonds. The fourth-order valence-electron chi connectivity index (χ4n) is 4.16. The molecule has 1 aromatic carbocycles. The largest absolute Gasteiger partial charge is 0.378 e. The van der Waals surface area contributed by atoms with Crippen LogP contribution < -0.4 is 15.5 Å². The van der Waals surface area contributed by atoms with Crippen molar-refractivity contribution in [2.24, 2.45) is 5.92 Å².